The summed E-state index contributed by atoms with van der Waals surface area (Å²) >= 11 is 0. The van der Waals surface area contributed by atoms with Crippen molar-refractivity contribution in [3.8, 4) is 0 Å². The zero-order valence-electron chi connectivity index (χ0n) is 12.0. The Morgan fingerprint density at radius 2 is 1.85 bits per heavy atom. The number of carbonyl (C=O) groups is 2. The van der Waals surface area contributed by atoms with Crippen molar-refractivity contribution in [1.29, 1.82) is 0 Å². The summed E-state index contributed by atoms with van der Waals surface area (Å²) in [7, 11) is 0. The summed E-state index contributed by atoms with van der Waals surface area (Å²) in [5.41, 5.74) is 1.12. The second-order valence-corrected chi connectivity index (χ2v) is 5.76. The van der Waals surface area contributed by atoms with Crippen LogP contribution in [0.1, 0.15) is 36.2 Å². The SMILES string of the molecule is CC1CCN(C(=O)Cc2ccc(C(=O)O)cc2)CC1C. The van der Waals surface area contributed by atoms with Crippen LogP contribution in [-0.4, -0.2) is 35.0 Å². The molecule has 1 saturated heterocycles. The Kier molecular flexibility index (Phi) is 4.42. The molecule has 0 saturated carbocycles. The number of piperidine rings is 1. The van der Waals surface area contributed by atoms with Crippen LogP contribution in [0.15, 0.2) is 24.3 Å². The second kappa shape index (κ2) is 6.07. The Labute approximate surface area is 119 Å². The number of hydrogen-bond donors (Lipinski definition) is 1. The maximum absolute atomic E-state index is 12.2. The number of nitrogens with zero attached hydrogens (tertiary/aromatic N) is 1. The van der Waals surface area contributed by atoms with Gasteiger partial charge in [0.25, 0.3) is 0 Å². The Bertz CT molecular complexity index is 495. The van der Waals surface area contributed by atoms with Gasteiger partial charge >= 0.3 is 5.97 Å². The van der Waals surface area contributed by atoms with Crippen LogP contribution in [0.4, 0.5) is 0 Å². The zero-order valence-corrected chi connectivity index (χ0v) is 12.0. The molecule has 0 radical (unpaired) electrons. The molecule has 2 rings (SSSR count). The van der Waals surface area contributed by atoms with Crippen molar-refractivity contribution in [2.45, 2.75) is 26.7 Å². The first kappa shape index (κ1) is 14.6. The van der Waals surface area contributed by atoms with Crippen LogP contribution in [0.3, 0.4) is 0 Å². The standard InChI is InChI=1S/C16H21NO3/c1-11-7-8-17(10-12(11)2)15(18)9-13-3-5-14(6-4-13)16(19)20/h3-6,11-12H,7-10H2,1-2H3,(H,19,20). The number of carbonyl (C=O) groups excluding carboxylic acids is 1. The smallest absolute Gasteiger partial charge is 0.335 e. The van der Waals surface area contributed by atoms with Gasteiger partial charge in [-0.15, -0.1) is 0 Å². The molecule has 1 amide bonds. The third kappa shape index (κ3) is 3.38. The van der Waals surface area contributed by atoms with Crippen LogP contribution in [0, 0.1) is 11.8 Å². The van der Waals surface area contributed by atoms with E-state index in [1.54, 1.807) is 24.3 Å². The third-order valence-corrected chi connectivity index (χ3v) is 4.24. The van der Waals surface area contributed by atoms with E-state index in [2.05, 4.69) is 13.8 Å². The summed E-state index contributed by atoms with van der Waals surface area (Å²) < 4.78 is 0. The number of aromatic carboxylic acids is 1. The zero-order chi connectivity index (χ0) is 14.7. The van der Waals surface area contributed by atoms with Gasteiger partial charge < -0.3 is 10.0 Å². The van der Waals surface area contributed by atoms with E-state index in [0.29, 0.717) is 18.3 Å². The van der Waals surface area contributed by atoms with Crippen LogP contribution in [0.25, 0.3) is 0 Å². The Hall–Kier alpha value is -1.84. The van der Waals surface area contributed by atoms with E-state index in [1.807, 2.05) is 4.90 Å². The lowest BCUT2D eigenvalue weighted by Crippen LogP contribution is -2.42. The Balaban J connectivity index is 1.96. The summed E-state index contributed by atoms with van der Waals surface area (Å²) in [6.45, 7) is 6.08. The van der Waals surface area contributed by atoms with Gasteiger partial charge in [0.15, 0.2) is 0 Å². The van der Waals surface area contributed by atoms with Gasteiger partial charge in [0.1, 0.15) is 0 Å². The van der Waals surface area contributed by atoms with E-state index >= 15 is 0 Å². The first-order valence-electron chi connectivity index (χ1n) is 7.07. The van der Waals surface area contributed by atoms with Crippen molar-refractivity contribution in [2.75, 3.05) is 13.1 Å². The number of amides is 1. The van der Waals surface area contributed by atoms with Crippen LogP contribution < -0.4 is 0 Å². The number of rotatable bonds is 3. The summed E-state index contributed by atoms with van der Waals surface area (Å²) in [5.74, 6) is 0.407. The summed E-state index contributed by atoms with van der Waals surface area (Å²) in [6.07, 6.45) is 1.41. The van der Waals surface area contributed by atoms with Gasteiger partial charge in [0.05, 0.1) is 12.0 Å². The second-order valence-electron chi connectivity index (χ2n) is 5.76. The fourth-order valence-corrected chi connectivity index (χ4v) is 2.54. The fourth-order valence-electron chi connectivity index (χ4n) is 2.54. The van der Waals surface area contributed by atoms with Gasteiger partial charge in [-0.05, 0) is 36.0 Å². The number of hydrogen-bond acceptors (Lipinski definition) is 2. The molecule has 1 fully saturated rings. The van der Waals surface area contributed by atoms with E-state index in [9.17, 15) is 9.59 Å². The minimum absolute atomic E-state index is 0.131. The highest BCUT2D eigenvalue weighted by Crippen LogP contribution is 2.23. The lowest BCUT2D eigenvalue weighted by atomic mass is 9.88. The predicted molar refractivity (Wildman–Crippen MR) is 76.6 cm³/mol. The normalized spacial score (nSPS) is 22.6. The average molecular weight is 275 g/mol. The molecule has 4 heteroatoms. The lowest BCUT2D eigenvalue weighted by Gasteiger charge is -2.35. The van der Waals surface area contributed by atoms with Crippen molar-refractivity contribution in [1.82, 2.24) is 4.90 Å². The van der Waals surface area contributed by atoms with Crippen molar-refractivity contribution in [3.05, 3.63) is 35.4 Å². The van der Waals surface area contributed by atoms with Gasteiger partial charge in [-0.1, -0.05) is 26.0 Å². The molecule has 1 N–H and O–H groups in total. The van der Waals surface area contributed by atoms with Crippen molar-refractivity contribution < 1.29 is 14.7 Å². The molecule has 1 heterocycles. The quantitative estimate of drug-likeness (QED) is 0.921. The van der Waals surface area contributed by atoms with Crippen LogP contribution in [-0.2, 0) is 11.2 Å². The summed E-state index contributed by atoms with van der Waals surface area (Å²) in [6, 6.07) is 6.53. The minimum Gasteiger partial charge on any atom is -0.478 e. The van der Waals surface area contributed by atoms with Crippen LogP contribution in [0.2, 0.25) is 0 Å². The fraction of sp³-hybridized carbons (Fsp3) is 0.500. The molecule has 0 aromatic heterocycles. The first-order valence-corrected chi connectivity index (χ1v) is 7.07. The molecular formula is C16H21NO3. The molecule has 4 nitrogen and oxygen atoms in total. The number of carboxylic acid groups (broad SMARTS) is 1. The van der Waals surface area contributed by atoms with E-state index < -0.39 is 5.97 Å². The summed E-state index contributed by atoms with van der Waals surface area (Å²) in [4.78, 5) is 24.9. The minimum atomic E-state index is -0.943. The molecule has 108 valence electrons. The molecule has 2 unspecified atom stereocenters. The van der Waals surface area contributed by atoms with Crippen LogP contribution in [0.5, 0.6) is 0 Å². The highest BCUT2D eigenvalue weighted by atomic mass is 16.4. The van der Waals surface area contributed by atoms with Crippen LogP contribution >= 0.6 is 0 Å². The van der Waals surface area contributed by atoms with Crippen molar-refractivity contribution in [2.24, 2.45) is 11.8 Å². The predicted octanol–water partition coefficient (Wildman–Crippen LogP) is 2.43. The van der Waals surface area contributed by atoms with E-state index in [0.717, 1.165) is 25.1 Å². The number of likely N-dealkylation sites (tertiary alicyclic amines) is 1. The van der Waals surface area contributed by atoms with E-state index in [4.69, 9.17) is 5.11 Å². The molecule has 1 aliphatic rings. The highest BCUT2D eigenvalue weighted by molar-refractivity contribution is 5.87. The highest BCUT2D eigenvalue weighted by Gasteiger charge is 2.25. The molecule has 1 aromatic carbocycles. The number of carboxylic acids is 1. The molecule has 0 bridgehead atoms. The molecule has 1 aliphatic heterocycles. The molecule has 20 heavy (non-hydrogen) atoms. The largest absolute Gasteiger partial charge is 0.478 e. The molecule has 0 spiro atoms. The number of benzene rings is 1. The monoisotopic (exact) mass is 275 g/mol. The molecule has 2 atom stereocenters. The van der Waals surface area contributed by atoms with Gasteiger partial charge in [-0.25, -0.2) is 4.79 Å². The maximum Gasteiger partial charge on any atom is 0.335 e. The van der Waals surface area contributed by atoms with Gasteiger partial charge in [0, 0.05) is 13.1 Å². The molecule has 0 aliphatic carbocycles. The van der Waals surface area contributed by atoms with E-state index in [-0.39, 0.29) is 11.5 Å². The summed E-state index contributed by atoms with van der Waals surface area (Å²) in [5, 5.41) is 8.84. The van der Waals surface area contributed by atoms with Gasteiger partial charge in [-0.2, -0.15) is 0 Å². The van der Waals surface area contributed by atoms with Gasteiger partial charge in [-0.3, -0.25) is 4.79 Å². The van der Waals surface area contributed by atoms with Crippen molar-refractivity contribution in [3.63, 3.8) is 0 Å². The van der Waals surface area contributed by atoms with E-state index in [1.165, 1.54) is 0 Å². The average Bonchev–Trinajstić information content (AvgIpc) is 2.42. The van der Waals surface area contributed by atoms with Gasteiger partial charge in [0.2, 0.25) is 5.91 Å². The third-order valence-electron chi connectivity index (χ3n) is 4.24. The molecule has 1 aromatic rings. The molecular weight excluding hydrogens is 254 g/mol. The lowest BCUT2D eigenvalue weighted by molar-refractivity contribution is -0.132. The first-order chi connectivity index (χ1) is 9.47. The Morgan fingerprint density at radius 1 is 1.20 bits per heavy atom. The Morgan fingerprint density at radius 3 is 2.40 bits per heavy atom. The van der Waals surface area contributed by atoms with Crippen molar-refractivity contribution >= 4 is 11.9 Å². The maximum atomic E-state index is 12.2. The topological polar surface area (TPSA) is 57.6 Å².